The lowest BCUT2D eigenvalue weighted by atomic mass is 10.0. The summed E-state index contributed by atoms with van der Waals surface area (Å²) in [4.78, 5) is 31.3. The van der Waals surface area contributed by atoms with Crippen LogP contribution in [0.25, 0.3) is 0 Å². The van der Waals surface area contributed by atoms with Gasteiger partial charge in [-0.15, -0.1) is 11.3 Å². The Morgan fingerprint density at radius 1 is 1.15 bits per heavy atom. The molecule has 1 aliphatic carbocycles. The first-order valence-corrected chi connectivity index (χ1v) is 11.9. The molecule has 0 unspecified atom stereocenters. The third-order valence-electron chi connectivity index (χ3n) is 5.99. The summed E-state index contributed by atoms with van der Waals surface area (Å²) in [7, 11) is 0. The average Bonchev–Trinajstić information content (AvgIpc) is 3.53. The van der Waals surface area contributed by atoms with Crippen molar-refractivity contribution in [3.8, 4) is 11.5 Å². The molecule has 2 atom stereocenters. The predicted molar refractivity (Wildman–Crippen MR) is 126 cm³/mol. The number of carbonyl (C=O) groups excluding carboxylic acids is 2. The number of hydrogen-bond acceptors (Lipinski definition) is 6. The van der Waals surface area contributed by atoms with Crippen LogP contribution in [0.3, 0.4) is 0 Å². The lowest BCUT2D eigenvalue weighted by Gasteiger charge is -2.17. The summed E-state index contributed by atoms with van der Waals surface area (Å²) in [6.07, 6.45) is 3.35. The molecule has 0 bridgehead atoms. The van der Waals surface area contributed by atoms with Crippen molar-refractivity contribution in [2.45, 2.75) is 44.6 Å². The molecule has 7 nitrogen and oxygen atoms in total. The van der Waals surface area contributed by atoms with E-state index < -0.39 is 0 Å². The van der Waals surface area contributed by atoms with Crippen LogP contribution in [0.15, 0.2) is 48.5 Å². The quantitative estimate of drug-likeness (QED) is 0.546. The lowest BCUT2D eigenvalue weighted by Crippen LogP contribution is -2.36. The van der Waals surface area contributed by atoms with Gasteiger partial charge in [-0.3, -0.25) is 14.9 Å². The van der Waals surface area contributed by atoms with Gasteiger partial charge in [-0.05, 0) is 56.4 Å². The fourth-order valence-electron chi connectivity index (χ4n) is 4.19. The van der Waals surface area contributed by atoms with Crippen molar-refractivity contribution in [1.82, 2.24) is 10.3 Å². The highest BCUT2D eigenvalue weighted by molar-refractivity contribution is 7.16. The number of nitrogens with one attached hydrogen (secondary N) is 2. The Morgan fingerprint density at radius 2 is 1.97 bits per heavy atom. The molecule has 33 heavy (non-hydrogen) atoms. The normalized spacial score (nSPS) is 16.8. The molecule has 0 saturated carbocycles. The monoisotopic (exact) mass is 463 g/mol. The third kappa shape index (κ3) is 4.71. The summed E-state index contributed by atoms with van der Waals surface area (Å²) in [5.74, 6) is 0.658. The second-order valence-corrected chi connectivity index (χ2v) is 9.46. The van der Waals surface area contributed by atoms with E-state index in [1.165, 1.54) is 16.9 Å². The number of ether oxygens (including phenoxy) is 2. The van der Waals surface area contributed by atoms with Crippen LogP contribution < -0.4 is 20.1 Å². The first-order chi connectivity index (χ1) is 16.1. The first-order valence-electron chi connectivity index (χ1n) is 11.1. The highest BCUT2D eigenvalue weighted by Crippen LogP contribution is 2.39. The van der Waals surface area contributed by atoms with Gasteiger partial charge in [-0.25, -0.2) is 4.98 Å². The van der Waals surface area contributed by atoms with E-state index in [2.05, 4.69) is 27.8 Å². The second kappa shape index (κ2) is 9.23. The van der Waals surface area contributed by atoms with Crippen molar-refractivity contribution in [3.05, 3.63) is 70.2 Å². The van der Waals surface area contributed by atoms with Gasteiger partial charge in [0.15, 0.2) is 16.6 Å². The third-order valence-corrected chi connectivity index (χ3v) is 7.03. The summed E-state index contributed by atoms with van der Waals surface area (Å²) >= 11 is 1.44. The van der Waals surface area contributed by atoms with E-state index in [0.29, 0.717) is 22.2 Å². The zero-order valence-electron chi connectivity index (χ0n) is 18.3. The molecule has 2 aliphatic rings. The van der Waals surface area contributed by atoms with Gasteiger partial charge in [0.2, 0.25) is 12.7 Å². The average molecular weight is 464 g/mol. The van der Waals surface area contributed by atoms with E-state index in [0.717, 1.165) is 36.3 Å². The number of benzene rings is 2. The van der Waals surface area contributed by atoms with Gasteiger partial charge in [0.1, 0.15) is 0 Å². The Bertz CT molecular complexity index is 1180. The Balaban J connectivity index is 1.19. The number of aryl methyl sites for hydroxylation is 2. The molecule has 8 heteroatoms. The molecule has 5 rings (SSSR count). The molecule has 0 fully saturated rings. The number of rotatable bonds is 7. The molecule has 1 aliphatic heterocycles. The van der Waals surface area contributed by atoms with Crippen LogP contribution >= 0.6 is 11.3 Å². The number of anilines is 1. The van der Waals surface area contributed by atoms with Gasteiger partial charge in [-0.1, -0.05) is 30.3 Å². The summed E-state index contributed by atoms with van der Waals surface area (Å²) in [5, 5.41) is 6.51. The Labute approximate surface area is 196 Å². The molecule has 2 amide bonds. The number of fused-ring (bicyclic) bond motifs is 2. The van der Waals surface area contributed by atoms with Crippen LogP contribution in [-0.4, -0.2) is 29.6 Å². The van der Waals surface area contributed by atoms with Gasteiger partial charge in [0.05, 0.1) is 11.6 Å². The SMILES string of the molecule is C[C@H](CCc1ccccc1)NC(=O)[C@H]1CCc2sc(NC(=O)c3ccc4c(c3)OCO4)nc21. The molecule has 0 spiro atoms. The molecule has 3 aromatic rings. The number of thiazole rings is 1. The number of aromatic nitrogens is 1. The summed E-state index contributed by atoms with van der Waals surface area (Å²) in [6, 6.07) is 15.4. The maximum absolute atomic E-state index is 12.9. The van der Waals surface area contributed by atoms with E-state index in [4.69, 9.17) is 9.47 Å². The fourth-order valence-corrected chi connectivity index (χ4v) is 5.22. The van der Waals surface area contributed by atoms with Gasteiger partial charge in [-0.2, -0.15) is 0 Å². The maximum atomic E-state index is 12.9. The molecular weight excluding hydrogens is 438 g/mol. The lowest BCUT2D eigenvalue weighted by molar-refractivity contribution is -0.123. The number of amides is 2. The van der Waals surface area contributed by atoms with Crippen molar-refractivity contribution in [2.75, 3.05) is 12.1 Å². The number of hydrogen-bond donors (Lipinski definition) is 2. The standard InChI is InChI=1S/C25H25N3O4S/c1-15(7-8-16-5-3-2-4-6-16)26-24(30)18-10-12-21-22(18)27-25(33-21)28-23(29)17-9-11-19-20(13-17)32-14-31-19/h2-6,9,11,13,15,18H,7-8,10,12,14H2,1H3,(H,26,30)(H,27,28,29)/t15-,18+/m1/s1. The van der Waals surface area contributed by atoms with E-state index in [-0.39, 0.29) is 30.6 Å². The maximum Gasteiger partial charge on any atom is 0.257 e. The van der Waals surface area contributed by atoms with Crippen LogP contribution in [0, 0.1) is 0 Å². The highest BCUT2D eigenvalue weighted by Gasteiger charge is 2.33. The van der Waals surface area contributed by atoms with Crippen molar-refractivity contribution >= 4 is 28.3 Å². The van der Waals surface area contributed by atoms with Crippen molar-refractivity contribution in [3.63, 3.8) is 0 Å². The summed E-state index contributed by atoms with van der Waals surface area (Å²) in [6.45, 7) is 2.20. The second-order valence-electron chi connectivity index (χ2n) is 8.37. The van der Waals surface area contributed by atoms with E-state index in [1.807, 2.05) is 25.1 Å². The molecule has 0 radical (unpaired) electrons. The van der Waals surface area contributed by atoms with Crippen molar-refractivity contribution in [2.24, 2.45) is 0 Å². The highest BCUT2D eigenvalue weighted by atomic mass is 32.1. The number of nitrogens with zero attached hydrogens (tertiary/aromatic N) is 1. The Kier molecular flexibility index (Phi) is 6.00. The Hall–Kier alpha value is -3.39. The van der Waals surface area contributed by atoms with E-state index in [9.17, 15) is 9.59 Å². The topological polar surface area (TPSA) is 89.6 Å². The molecule has 2 N–H and O–H groups in total. The van der Waals surface area contributed by atoms with E-state index >= 15 is 0 Å². The Morgan fingerprint density at radius 3 is 2.82 bits per heavy atom. The summed E-state index contributed by atoms with van der Waals surface area (Å²) < 4.78 is 10.6. The molecule has 1 aromatic heterocycles. The summed E-state index contributed by atoms with van der Waals surface area (Å²) in [5.41, 5.74) is 2.52. The van der Waals surface area contributed by atoms with E-state index in [1.54, 1.807) is 18.2 Å². The van der Waals surface area contributed by atoms with Crippen molar-refractivity contribution < 1.29 is 19.1 Å². The minimum Gasteiger partial charge on any atom is -0.454 e. The molecule has 2 heterocycles. The van der Waals surface area contributed by atoms with Gasteiger partial charge in [0, 0.05) is 16.5 Å². The van der Waals surface area contributed by atoms with Gasteiger partial charge in [0.25, 0.3) is 5.91 Å². The fraction of sp³-hybridized carbons (Fsp3) is 0.320. The van der Waals surface area contributed by atoms with Crippen molar-refractivity contribution in [1.29, 1.82) is 0 Å². The van der Waals surface area contributed by atoms with Crippen LogP contribution in [0.2, 0.25) is 0 Å². The van der Waals surface area contributed by atoms with Gasteiger partial charge >= 0.3 is 0 Å². The molecule has 170 valence electrons. The van der Waals surface area contributed by atoms with Crippen LogP contribution in [-0.2, 0) is 17.6 Å². The predicted octanol–water partition coefficient (Wildman–Crippen LogP) is 4.29. The number of carbonyl (C=O) groups is 2. The largest absolute Gasteiger partial charge is 0.454 e. The molecule has 2 aromatic carbocycles. The van der Waals surface area contributed by atoms with Crippen LogP contribution in [0.1, 0.15) is 52.2 Å². The first kappa shape index (κ1) is 21.5. The minimum atomic E-state index is -0.272. The molecular formula is C25H25N3O4S. The molecule has 0 saturated heterocycles. The zero-order chi connectivity index (χ0) is 22.8. The van der Waals surface area contributed by atoms with Crippen LogP contribution in [0.5, 0.6) is 11.5 Å². The van der Waals surface area contributed by atoms with Gasteiger partial charge < -0.3 is 14.8 Å². The zero-order valence-corrected chi connectivity index (χ0v) is 19.1. The van der Waals surface area contributed by atoms with Crippen LogP contribution in [0.4, 0.5) is 5.13 Å². The smallest absolute Gasteiger partial charge is 0.257 e. The minimum absolute atomic E-state index is 0.00765.